The first-order chi connectivity index (χ1) is 16.2. The minimum Gasteiger partial charge on any atom is -0.394 e. The highest BCUT2D eigenvalue weighted by molar-refractivity contribution is 4.08. The third-order valence-electron chi connectivity index (χ3n) is 0.700. The van der Waals surface area contributed by atoms with E-state index in [4.69, 9.17) is 71.5 Å². The average Bonchev–Trinajstić information content (AvgIpc) is 2.90. The van der Waals surface area contributed by atoms with Crippen LogP contribution in [0, 0.1) is 0 Å². The minimum atomic E-state index is -0.125. The van der Waals surface area contributed by atoms with Crippen molar-refractivity contribution in [2.75, 3.05) is 121 Å². The summed E-state index contributed by atoms with van der Waals surface area (Å²) in [5.41, 5.74) is 0. The van der Waals surface area contributed by atoms with Crippen LogP contribution in [-0.2, 0) is 9.47 Å². The van der Waals surface area contributed by atoms with Crippen LogP contribution >= 0.6 is 0 Å². The van der Waals surface area contributed by atoms with Crippen molar-refractivity contribution in [2.24, 2.45) is 0 Å². The van der Waals surface area contributed by atoms with Gasteiger partial charge in [-0.25, -0.2) is 0 Å². The average molecular weight is 527 g/mol. The van der Waals surface area contributed by atoms with E-state index in [2.05, 4.69) is 9.47 Å². The van der Waals surface area contributed by atoms with Crippen molar-refractivity contribution in [3.63, 3.8) is 0 Å². The zero-order valence-corrected chi connectivity index (χ0v) is 21.0. The molecule has 0 aliphatic heterocycles. The number of aliphatic hydroxyl groups excluding tert-OH is 14. The van der Waals surface area contributed by atoms with Gasteiger partial charge in [0.25, 0.3) is 0 Å². The van der Waals surface area contributed by atoms with E-state index in [0.717, 1.165) is 0 Å². The molecule has 0 radical (unpaired) electrons. The summed E-state index contributed by atoms with van der Waals surface area (Å²) in [4.78, 5) is 0. The van der Waals surface area contributed by atoms with Crippen molar-refractivity contribution < 1.29 is 81.0 Å². The topological polar surface area (TPSA) is 302 Å². The lowest BCUT2D eigenvalue weighted by Gasteiger charge is -1.70. The lowest BCUT2D eigenvalue weighted by Crippen LogP contribution is -1.85. The maximum absolute atomic E-state index is 7.62. The van der Waals surface area contributed by atoms with Crippen molar-refractivity contribution in [3.05, 3.63) is 0 Å². The van der Waals surface area contributed by atoms with Gasteiger partial charge in [0.2, 0.25) is 0 Å². The van der Waals surface area contributed by atoms with Gasteiger partial charge in [0.05, 0.1) is 92.5 Å². The molecule has 16 heteroatoms. The summed E-state index contributed by atoms with van der Waals surface area (Å²) in [6.45, 7) is -1.75. The molecule has 0 saturated heterocycles. The first-order valence-corrected chi connectivity index (χ1v) is 9.56. The fourth-order valence-corrected chi connectivity index (χ4v) is 0. The molecule has 0 fully saturated rings. The second-order valence-corrected chi connectivity index (χ2v) is 3.95. The maximum Gasteiger partial charge on any atom is 0.0662 e. The Morgan fingerprint density at radius 2 is 0.265 bits per heavy atom. The van der Waals surface area contributed by atoms with Crippen LogP contribution in [0.4, 0.5) is 0 Å². The number of hydrogen-bond acceptors (Lipinski definition) is 16. The van der Waals surface area contributed by atoms with Gasteiger partial charge < -0.3 is 81.0 Å². The van der Waals surface area contributed by atoms with E-state index in [1.165, 1.54) is 0 Å². The molecule has 0 aromatic heterocycles. The highest BCUT2D eigenvalue weighted by atomic mass is 16.5. The van der Waals surface area contributed by atoms with Gasteiger partial charge in [0.15, 0.2) is 0 Å². The van der Waals surface area contributed by atoms with Crippen LogP contribution in [0.5, 0.6) is 0 Å². The molecule has 34 heavy (non-hydrogen) atoms. The van der Waals surface area contributed by atoms with Crippen LogP contribution in [0.15, 0.2) is 0 Å². The van der Waals surface area contributed by atoms with E-state index in [9.17, 15) is 0 Å². The summed E-state index contributed by atoms with van der Waals surface area (Å²) in [6, 6.07) is 0. The molecule has 0 aromatic carbocycles. The van der Waals surface area contributed by atoms with Gasteiger partial charge in [-0.05, 0) is 0 Å². The van der Waals surface area contributed by atoms with Gasteiger partial charge in [-0.1, -0.05) is 0 Å². The Morgan fingerprint density at radius 1 is 0.235 bits per heavy atom. The molecular weight excluding hydrogens is 472 g/mol. The number of ether oxygens (including phenoxy) is 2. The molecule has 14 N–H and O–H groups in total. The Bertz CT molecular complexity index is 107. The van der Waals surface area contributed by atoms with E-state index >= 15 is 0 Å². The first-order valence-electron chi connectivity index (χ1n) is 9.56. The summed E-state index contributed by atoms with van der Waals surface area (Å²) < 4.78 is 8.50. The zero-order valence-electron chi connectivity index (χ0n) is 21.0. The molecule has 0 aliphatic carbocycles. The van der Waals surface area contributed by atoms with Crippen LogP contribution in [0.25, 0.3) is 0 Å². The second kappa shape index (κ2) is 135. The monoisotopic (exact) mass is 526 g/mol. The zero-order chi connectivity index (χ0) is 29.3. The van der Waals surface area contributed by atoms with Gasteiger partial charge in [-0.3, -0.25) is 0 Å². The van der Waals surface area contributed by atoms with E-state index in [1.54, 1.807) is 28.4 Å². The van der Waals surface area contributed by atoms with E-state index in [0.29, 0.717) is 0 Å². The van der Waals surface area contributed by atoms with E-state index in [-0.39, 0.29) is 92.5 Å². The molecule has 16 nitrogen and oxygen atoms in total. The van der Waals surface area contributed by atoms with Crippen LogP contribution in [0.3, 0.4) is 0 Å². The number of methoxy groups -OCH3 is 2. The molecular formula is C18H54O16. The molecule has 0 heterocycles. The predicted molar refractivity (Wildman–Crippen MR) is 125 cm³/mol. The minimum absolute atomic E-state index is 0.125. The standard InChI is InChI=1S/7C2H6O2.2C2H6O/c7*3-1-2-4;2*1-3-2/h7*3-4H,1-2H2;2*1-2H3. The van der Waals surface area contributed by atoms with Crippen molar-refractivity contribution in [3.8, 4) is 0 Å². The Morgan fingerprint density at radius 3 is 0.265 bits per heavy atom. The van der Waals surface area contributed by atoms with E-state index < -0.39 is 0 Å². The molecule has 0 atom stereocenters. The van der Waals surface area contributed by atoms with Gasteiger partial charge >= 0.3 is 0 Å². The molecule has 0 spiro atoms. The largest absolute Gasteiger partial charge is 0.394 e. The Labute approximate surface area is 202 Å². The van der Waals surface area contributed by atoms with Crippen LogP contribution in [-0.4, -0.2) is 192 Å². The lowest BCUT2D eigenvalue weighted by atomic mass is 10.8. The van der Waals surface area contributed by atoms with Crippen molar-refractivity contribution >= 4 is 0 Å². The molecule has 0 bridgehead atoms. The fraction of sp³-hybridized carbons (Fsp3) is 1.00. The van der Waals surface area contributed by atoms with Crippen LogP contribution in [0.1, 0.15) is 0 Å². The lowest BCUT2D eigenvalue weighted by molar-refractivity contribution is 0.186. The summed E-state index contributed by atoms with van der Waals surface area (Å²) in [7, 11) is 6.50. The van der Waals surface area contributed by atoms with Crippen molar-refractivity contribution in [1.29, 1.82) is 0 Å². The van der Waals surface area contributed by atoms with Gasteiger partial charge in [0, 0.05) is 28.4 Å². The summed E-state index contributed by atoms with van der Waals surface area (Å²) >= 11 is 0. The predicted octanol–water partition coefficient (Wildman–Crippen LogP) is -6.68. The summed E-state index contributed by atoms with van der Waals surface area (Å²) in [6.07, 6.45) is 0. The molecule has 0 rings (SSSR count). The van der Waals surface area contributed by atoms with Crippen LogP contribution < -0.4 is 0 Å². The summed E-state index contributed by atoms with van der Waals surface area (Å²) in [5.74, 6) is 0. The molecule has 222 valence electrons. The van der Waals surface area contributed by atoms with Gasteiger partial charge in [-0.15, -0.1) is 0 Å². The maximum atomic E-state index is 7.62. The van der Waals surface area contributed by atoms with Crippen LogP contribution in [0.2, 0.25) is 0 Å². The van der Waals surface area contributed by atoms with Gasteiger partial charge in [-0.2, -0.15) is 0 Å². The molecule has 0 aromatic rings. The Hall–Kier alpha value is -0.640. The quantitative estimate of drug-likeness (QED) is 0.146. The number of aliphatic hydroxyl groups is 14. The number of hydrogen-bond donors (Lipinski definition) is 14. The fourth-order valence-electron chi connectivity index (χ4n) is 0. The SMILES string of the molecule is COC.COC.OCCO.OCCO.OCCO.OCCO.OCCO.OCCO.OCCO. The number of rotatable bonds is 7. The van der Waals surface area contributed by atoms with E-state index in [1.807, 2.05) is 0 Å². The third-order valence-corrected chi connectivity index (χ3v) is 0.700. The van der Waals surface area contributed by atoms with Gasteiger partial charge in [0.1, 0.15) is 0 Å². The Balaban J connectivity index is -0.0000000296. The normalized spacial score (nSPS) is 7.24. The van der Waals surface area contributed by atoms with Crippen molar-refractivity contribution in [2.45, 2.75) is 0 Å². The molecule has 0 unspecified atom stereocenters. The molecule has 0 saturated carbocycles. The summed E-state index contributed by atoms with van der Waals surface area (Å²) in [5, 5.41) is 107. The first kappa shape index (κ1) is 58.9. The smallest absolute Gasteiger partial charge is 0.0662 e. The third kappa shape index (κ3) is 715. The highest BCUT2D eigenvalue weighted by Crippen LogP contribution is 1.42. The Kier molecular flexibility index (Phi) is 234. The van der Waals surface area contributed by atoms with Crippen molar-refractivity contribution in [1.82, 2.24) is 0 Å². The second-order valence-electron chi connectivity index (χ2n) is 3.95. The highest BCUT2D eigenvalue weighted by Gasteiger charge is 1.60. The molecule has 0 aliphatic rings. The molecule has 0 amide bonds.